The molecular formula is C14H10BrF2N3O2. The van der Waals surface area contributed by atoms with Gasteiger partial charge >= 0.3 is 11.8 Å². The van der Waals surface area contributed by atoms with Gasteiger partial charge < -0.3 is 10.6 Å². The second-order valence-corrected chi connectivity index (χ2v) is 5.10. The molecule has 0 fully saturated rings. The number of carbonyl (C=O) groups excluding carboxylic acids is 2. The summed E-state index contributed by atoms with van der Waals surface area (Å²) < 4.78 is 26.5. The number of hydrogen-bond acceptors (Lipinski definition) is 3. The maximum Gasteiger partial charge on any atom is 0.313 e. The van der Waals surface area contributed by atoms with E-state index in [1.54, 1.807) is 18.3 Å². The molecule has 1 heterocycles. The summed E-state index contributed by atoms with van der Waals surface area (Å²) in [6.45, 7) is 0.104. The average Bonchev–Trinajstić information content (AvgIpc) is 2.49. The Kier molecular flexibility index (Phi) is 5.16. The Labute approximate surface area is 132 Å². The Morgan fingerprint density at radius 2 is 2.00 bits per heavy atom. The van der Waals surface area contributed by atoms with E-state index in [4.69, 9.17) is 0 Å². The van der Waals surface area contributed by atoms with Gasteiger partial charge in [-0.1, -0.05) is 6.07 Å². The van der Waals surface area contributed by atoms with E-state index in [9.17, 15) is 18.4 Å². The SMILES string of the molecule is O=C(NCc1cccnc1)C(=O)Nc1c(F)cc(F)cc1Br. The van der Waals surface area contributed by atoms with Crippen molar-refractivity contribution >= 4 is 33.4 Å². The number of halogens is 3. The van der Waals surface area contributed by atoms with E-state index in [0.717, 1.165) is 6.07 Å². The Hall–Kier alpha value is -2.35. The van der Waals surface area contributed by atoms with Gasteiger partial charge in [0.25, 0.3) is 0 Å². The molecule has 0 saturated carbocycles. The van der Waals surface area contributed by atoms with Gasteiger partial charge in [-0.15, -0.1) is 0 Å². The van der Waals surface area contributed by atoms with E-state index < -0.39 is 23.4 Å². The first-order chi connectivity index (χ1) is 10.5. The van der Waals surface area contributed by atoms with Crippen molar-refractivity contribution in [2.24, 2.45) is 0 Å². The highest BCUT2D eigenvalue weighted by Gasteiger charge is 2.18. The Morgan fingerprint density at radius 1 is 1.23 bits per heavy atom. The lowest BCUT2D eigenvalue weighted by atomic mass is 10.3. The van der Waals surface area contributed by atoms with E-state index in [0.29, 0.717) is 11.6 Å². The van der Waals surface area contributed by atoms with Crippen LogP contribution in [-0.2, 0) is 16.1 Å². The molecule has 2 amide bonds. The number of aromatic nitrogens is 1. The molecular weight excluding hydrogens is 360 g/mol. The highest BCUT2D eigenvalue weighted by atomic mass is 79.9. The standard InChI is InChI=1S/C14H10BrF2N3O2/c15-10-4-9(16)5-11(17)12(10)20-14(22)13(21)19-7-8-2-1-3-18-6-8/h1-6H,7H2,(H,19,21)(H,20,22). The summed E-state index contributed by atoms with van der Waals surface area (Å²) in [4.78, 5) is 27.2. The maximum absolute atomic E-state index is 13.6. The fourth-order valence-corrected chi connectivity index (χ4v) is 2.10. The van der Waals surface area contributed by atoms with Gasteiger partial charge in [-0.2, -0.15) is 0 Å². The molecule has 0 unspecified atom stereocenters. The van der Waals surface area contributed by atoms with Crippen molar-refractivity contribution in [3.63, 3.8) is 0 Å². The molecule has 2 aromatic rings. The number of rotatable bonds is 3. The van der Waals surface area contributed by atoms with E-state index in [1.165, 1.54) is 6.20 Å². The molecule has 8 heteroatoms. The molecule has 0 bridgehead atoms. The number of carbonyl (C=O) groups is 2. The van der Waals surface area contributed by atoms with Crippen molar-refractivity contribution in [2.45, 2.75) is 6.54 Å². The zero-order valence-electron chi connectivity index (χ0n) is 11.1. The molecule has 0 spiro atoms. The first kappa shape index (κ1) is 16.0. The highest BCUT2D eigenvalue weighted by molar-refractivity contribution is 9.10. The van der Waals surface area contributed by atoms with Crippen LogP contribution in [0.3, 0.4) is 0 Å². The van der Waals surface area contributed by atoms with E-state index in [2.05, 4.69) is 31.5 Å². The topological polar surface area (TPSA) is 71.1 Å². The van der Waals surface area contributed by atoms with Gasteiger partial charge in [-0.05, 0) is 33.6 Å². The third-order valence-electron chi connectivity index (χ3n) is 2.63. The summed E-state index contributed by atoms with van der Waals surface area (Å²) in [6, 6.07) is 4.99. The van der Waals surface area contributed by atoms with Crippen molar-refractivity contribution in [1.29, 1.82) is 0 Å². The third-order valence-corrected chi connectivity index (χ3v) is 3.25. The maximum atomic E-state index is 13.6. The molecule has 0 radical (unpaired) electrons. The fourth-order valence-electron chi connectivity index (χ4n) is 1.60. The van der Waals surface area contributed by atoms with Crippen LogP contribution in [0.2, 0.25) is 0 Å². The number of pyridine rings is 1. The third kappa shape index (κ3) is 4.08. The predicted molar refractivity (Wildman–Crippen MR) is 78.8 cm³/mol. The van der Waals surface area contributed by atoms with Crippen LogP contribution in [0.1, 0.15) is 5.56 Å². The van der Waals surface area contributed by atoms with Crippen LogP contribution in [-0.4, -0.2) is 16.8 Å². The van der Waals surface area contributed by atoms with Crippen molar-refractivity contribution in [2.75, 3.05) is 5.32 Å². The van der Waals surface area contributed by atoms with Crippen LogP contribution < -0.4 is 10.6 Å². The summed E-state index contributed by atoms with van der Waals surface area (Å²) in [7, 11) is 0. The molecule has 1 aromatic carbocycles. The number of amides is 2. The van der Waals surface area contributed by atoms with Crippen LogP contribution >= 0.6 is 15.9 Å². The molecule has 0 aliphatic carbocycles. The number of benzene rings is 1. The summed E-state index contributed by atoms with van der Waals surface area (Å²) in [5.41, 5.74) is 0.403. The minimum Gasteiger partial charge on any atom is -0.344 e. The molecule has 22 heavy (non-hydrogen) atoms. The smallest absolute Gasteiger partial charge is 0.313 e. The molecule has 0 saturated heterocycles. The zero-order valence-corrected chi connectivity index (χ0v) is 12.7. The van der Waals surface area contributed by atoms with E-state index in [1.807, 2.05) is 0 Å². The van der Waals surface area contributed by atoms with Gasteiger partial charge in [0.05, 0.1) is 5.69 Å². The van der Waals surface area contributed by atoms with Crippen LogP contribution in [0, 0.1) is 11.6 Å². The lowest BCUT2D eigenvalue weighted by molar-refractivity contribution is -0.136. The minimum absolute atomic E-state index is 0.00147. The summed E-state index contributed by atoms with van der Waals surface area (Å²) in [5, 5.41) is 4.45. The number of hydrogen-bond donors (Lipinski definition) is 2. The van der Waals surface area contributed by atoms with Crippen LogP contribution in [0.5, 0.6) is 0 Å². The quantitative estimate of drug-likeness (QED) is 0.816. The van der Waals surface area contributed by atoms with E-state index >= 15 is 0 Å². The number of nitrogens with zero attached hydrogens (tertiary/aromatic N) is 1. The van der Waals surface area contributed by atoms with Gasteiger partial charge in [-0.3, -0.25) is 14.6 Å². The average molecular weight is 370 g/mol. The number of nitrogens with one attached hydrogen (secondary N) is 2. The summed E-state index contributed by atoms with van der Waals surface area (Å²) in [5.74, 6) is -3.79. The highest BCUT2D eigenvalue weighted by Crippen LogP contribution is 2.26. The van der Waals surface area contributed by atoms with Crippen molar-refractivity contribution in [3.8, 4) is 0 Å². The first-order valence-corrected chi connectivity index (χ1v) is 6.89. The summed E-state index contributed by atoms with van der Waals surface area (Å²) in [6.07, 6.45) is 3.11. The Morgan fingerprint density at radius 3 is 2.64 bits per heavy atom. The largest absolute Gasteiger partial charge is 0.344 e. The van der Waals surface area contributed by atoms with Gasteiger partial charge in [0.1, 0.15) is 5.82 Å². The van der Waals surface area contributed by atoms with Gasteiger partial charge in [0, 0.05) is 29.5 Å². The molecule has 2 N–H and O–H groups in total. The molecule has 0 aliphatic rings. The monoisotopic (exact) mass is 369 g/mol. The van der Waals surface area contributed by atoms with Crippen LogP contribution in [0.25, 0.3) is 0 Å². The zero-order chi connectivity index (χ0) is 16.1. The second kappa shape index (κ2) is 7.08. The Bertz CT molecular complexity index is 687. The van der Waals surface area contributed by atoms with Crippen LogP contribution in [0.15, 0.2) is 41.1 Å². The normalized spacial score (nSPS) is 10.1. The molecule has 0 aliphatic heterocycles. The lowest BCUT2D eigenvalue weighted by Gasteiger charge is -2.09. The van der Waals surface area contributed by atoms with Crippen molar-refractivity contribution in [3.05, 3.63) is 58.3 Å². The molecule has 5 nitrogen and oxygen atoms in total. The molecule has 1 aromatic heterocycles. The minimum atomic E-state index is -1.06. The molecule has 0 atom stereocenters. The van der Waals surface area contributed by atoms with Crippen molar-refractivity contribution in [1.82, 2.24) is 10.3 Å². The van der Waals surface area contributed by atoms with Gasteiger partial charge in [0.2, 0.25) is 0 Å². The first-order valence-electron chi connectivity index (χ1n) is 6.10. The lowest BCUT2D eigenvalue weighted by Crippen LogP contribution is -2.35. The number of anilines is 1. The van der Waals surface area contributed by atoms with Crippen molar-refractivity contribution < 1.29 is 18.4 Å². The van der Waals surface area contributed by atoms with Gasteiger partial charge in [-0.25, -0.2) is 8.78 Å². The fraction of sp³-hybridized carbons (Fsp3) is 0.0714. The summed E-state index contributed by atoms with van der Waals surface area (Å²) >= 11 is 2.92. The van der Waals surface area contributed by atoms with Crippen LogP contribution in [0.4, 0.5) is 14.5 Å². The Balaban J connectivity index is 1.99. The van der Waals surface area contributed by atoms with E-state index in [-0.39, 0.29) is 16.7 Å². The predicted octanol–water partition coefficient (Wildman–Crippen LogP) is 2.38. The second-order valence-electron chi connectivity index (χ2n) is 4.24. The molecule has 2 rings (SSSR count). The molecule has 114 valence electrons. The van der Waals surface area contributed by atoms with Gasteiger partial charge in [0.15, 0.2) is 5.82 Å².